The van der Waals surface area contributed by atoms with Crippen LogP contribution in [-0.2, 0) is 0 Å². The van der Waals surface area contributed by atoms with E-state index in [0.717, 1.165) is 0 Å². The maximum atomic E-state index is 11.2. The number of aromatic amines is 1. The molecule has 0 aromatic carbocycles. The summed E-state index contributed by atoms with van der Waals surface area (Å²) >= 11 is 0. The summed E-state index contributed by atoms with van der Waals surface area (Å²) in [6, 6.07) is 1.73. The van der Waals surface area contributed by atoms with Gasteiger partial charge in [-0.2, -0.15) is 0 Å². The first-order chi connectivity index (χ1) is 7.18. The van der Waals surface area contributed by atoms with Gasteiger partial charge in [-0.25, -0.2) is 15.0 Å². The highest BCUT2D eigenvalue weighted by molar-refractivity contribution is 5.93. The van der Waals surface area contributed by atoms with Gasteiger partial charge in [0.15, 0.2) is 17.4 Å². The number of hydrogen-bond acceptors (Lipinski definition) is 4. The SMILES string of the molecule is CC(=O)c1[nH]c(-c2ncccn2)nc1C. The number of hydrogen-bond donors (Lipinski definition) is 1. The van der Waals surface area contributed by atoms with Gasteiger partial charge in [0, 0.05) is 19.3 Å². The van der Waals surface area contributed by atoms with Crippen LogP contribution in [0.25, 0.3) is 11.6 Å². The Labute approximate surface area is 86.6 Å². The van der Waals surface area contributed by atoms with Crippen molar-refractivity contribution in [3.8, 4) is 11.6 Å². The van der Waals surface area contributed by atoms with Crippen LogP contribution in [0.4, 0.5) is 0 Å². The second-order valence-electron chi connectivity index (χ2n) is 3.17. The Hall–Kier alpha value is -2.04. The Morgan fingerprint density at radius 3 is 2.53 bits per heavy atom. The zero-order chi connectivity index (χ0) is 10.8. The quantitative estimate of drug-likeness (QED) is 0.747. The Morgan fingerprint density at radius 1 is 1.33 bits per heavy atom. The molecule has 5 heteroatoms. The Kier molecular flexibility index (Phi) is 2.29. The first kappa shape index (κ1) is 9.51. The number of carbonyl (C=O) groups is 1. The standard InChI is InChI=1S/C10H10N4O/c1-6-8(7(2)15)14-10(13-6)9-11-4-3-5-12-9/h3-5H,1-2H3,(H,13,14). The van der Waals surface area contributed by atoms with E-state index in [0.29, 0.717) is 23.0 Å². The van der Waals surface area contributed by atoms with Gasteiger partial charge in [-0.3, -0.25) is 4.79 Å². The number of imidazole rings is 1. The lowest BCUT2D eigenvalue weighted by Gasteiger charge is -1.92. The molecule has 2 aromatic heterocycles. The van der Waals surface area contributed by atoms with Gasteiger partial charge in [-0.05, 0) is 13.0 Å². The molecule has 2 rings (SSSR count). The number of nitrogens with one attached hydrogen (secondary N) is 1. The molecule has 0 fully saturated rings. The summed E-state index contributed by atoms with van der Waals surface area (Å²) in [7, 11) is 0. The third-order valence-electron chi connectivity index (χ3n) is 2.01. The van der Waals surface area contributed by atoms with Gasteiger partial charge >= 0.3 is 0 Å². The van der Waals surface area contributed by atoms with E-state index < -0.39 is 0 Å². The second kappa shape index (κ2) is 3.61. The van der Waals surface area contributed by atoms with Crippen molar-refractivity contribution in [3.63, 3.8) is 0 Å². The van der Waals surface area contributed by atoms with Gasteiger partial charge in [-0.15, -0.1) is 0 Å². The summed E-state index contributed by atoms with van der Waals surface area (Å²) in [5.41, 5.74) is 1.18. The minimum atomic E-state index is -0.0396. The second-order valence-corrected chi connectivity index (χ2v) is 3.17. The van der Waals surface area contributed by atoms with Crippen molar-refractivity contribution in [3.05, 3.63) is 29.8 Å². The lowest BCUT2D eigenvalue weighted by atomic mass is 10.3. The van der Waals surface area contributed by atoms with Gasteiger partial charge in [-0.1, -0.05) is 0 Å². The molecular weight excluding hydrogens is 192 g/mol. The Bertz CT molecular complexity index is 489. The Morgan fingerprint density at radius 2 is 2.00 bits per heavy atom. The van der Waals surface area contributed by atoms with Gasteiger partial charge in [0.1, 0.15) is 5.69 Å². The van der Waals surface area contributed by atoms with Crippen molar-refractivity contribution in [1.82, 2.24) is 19.9 Å². The third-order valence-corrected chi connectivity index (χ3v) is 2.01. The molecule has 0 saturated heterocycles. The van der Waals surface area contributed by atoms with Crippen LogP contribution in [0.5, 0.6) is 0 Å². The molecule has 0 radical (unpaired) electrons. The van der Waals surface area contributed by atoms with Gasteiger partial charge < -0.3 is 4.98 Å². The van der Waals surface area contributed by atoms with Crippen LogP contribution in [0, 0.1) is 6.92 Å². The molecule has 0 aliphatic heterocycles. The predicted octanol–water partition coefficient (Wildman–Crippen LogP) is 1.38. The average molecular weight is 202 g/mol. The summed E-state index contributed by atoms with van der Waals surface area (Å²) in [4.78, 5) is 26.4. The topological polar surface area (TPSA) is 71.5 Å². The molecule has 0 aliphatic carbocycles. The number of aromatic nitrogens is 4. The molecule has 2 heterocycles. The van der Waals surface area contributed by atoms with Crippen LogP contribution in [0.2, 0.25) is 0 Å². The third kappa shape index (κ3) is 1.76. The van der Waals surface area contributed by atoms with Gasteiger partial charge in [0.05, 0.1) is 5.69 Å². The summed E-state index contributed by atoms with van der Waals surface area (Å²) in [5.74, 6) is 0.980. The van der Waals surface area contributed by atoms with Crippen LogP contribution in [0.1, 0.15) is 23.1 Å². The van der Waals surface area contributed by atoms with Crippen LogP contribution in [0.3, 0.4) is 0 Å². The number of rotatable bonds is 2. The number of ketones is 1. The number of aryl methyl sites for hydroxylation is 1. The van der Waals surface area contributed by atoms with E-state index in [2.05, 4.69) is 19.9 Å². The molecule has 0 aliphatic rings. The van der Waals surface area contributed by atoms with Crippen molar-refractivity contribution in [1.29, 1.82) is 0 Å². The van der Waals surface area contributed by atoms with Gasteiger partial charge in [0.2, 0.25) is 0 Å². The van der Waals surface area contributed by atoms with Crippen molar-refractivity contribution in [2.45, 2.75) is 13.8 Å². The number of nitrogens with zero attached hydrogens (tertiary/aromatic N) is 3. The fourth-order valence-corrected chi connectivity index (χ4v) is 1.33. The fourth-order valence-electron chi connectivity index (χ4n) is 1.33. The molecule has 1 N–H and O–H groups in total. The van der Waals surface area contributed by atoms with Crippen molar-refractivity contribution < 1.29 is 4.79 Å². The smallest absolute Gasteiger partial charge is 0.195 e. The van der Waals surface area contributed by atoms with Gasteiger partial charge in [0.25, 0.3) is 0 Å². The van der Waals surface area contributed by atoms with Crippen LogP contribution in [0.15, 0.2) is 18.5 Å². The predicted molar refractivity (Wildman–Crippen MR) is 54.4 cm³/mol. The number of H-pyrrole nitrogens is 1. The van der Waals surface area contributed by atoms with E-state index in [4.69, 9.17) is 0 Å². The molecule has 2 aromatic rings. The lowest BCUT2D eigenvalue weighted by molar-refractivity contribution is 0.101. The number of Topliss-reactive ketones (excluding diaryl/α,β-unsaturated/α-hetero) is 1. The van der Waals surface area contributed by atoms with Crippen LogP contribution >= 0.6 is 0 Å². The molecule has 0 saturated carbocycles. The monoisotopic (exact) mass is 202 g/mol. The van der Waals surface area contributed by atoms with Crippen molar-refractivity contribution in [2.75, 3.05) is 0 Å². The molecule has 0 unspecified atom stereocenters. The highest BCUT2D eigenvalue weighted by atomic mass is 16.1. The van der Waals surface area contributed by atoms with E-state index in [1.807, 2.05) is 0 Å². The van der Waals surface area contributed by atoms with E-state index in [1.165, 1.54) is 6.92 Å². The van der Waals surface area contributed by atoms with Crippen molar-refractivity contribution in [2.24, 2.45) is 0 Å². The summed E-state index contributed by atoms with van der Waals surface area (Å²) in [6.45, 7) is 3.27. The Balaban J connectivity index is 2.48. The molecular formula is C10H10N4O. The fraction of sp³-hybridized carbons (Fsp3) is 0.200. The lowest BCUT2D eigenvalue weighted by Crippen LogP contribution is -1.95. The summed E-state index contributed by atoms with van der Waals surface area (Å²) in [6.07, 6.45) is 3.27. The maximum Gasteiger partial charge on any atom is 0.195 e. The average Bonchev–Trinajstić information content (AvgIpc) is 2.62. The maximum absolute atomic E-state index is 11.2. The van der Waals surface area contributed by atoms with E-state index in [1.54, 1.807) is 25.4 Å². The zero-order valence-electron chi connectivity index (χ0n) is 8.48. The van der Waals surface area contributed by atoms with Crippen molar-refractivity contribution >= 4 is 5.78 Å². The molecule has 76 valence electrons. The van der Waals surface area contributed by atoms with E-state index >= 15 is 0 Å². The van der Waals surface area contributed by atoms with Crippen LogP contribution < -0.4 is 0 Å². The molecule has 0 spiro atoms. The number of carbonyl (C=O) groups excluding carboxylic acids is 1. The zero-order valence-corrected chi connectivity index (χ0v) is 8.48. The first-order valence-corrected chi connectivity index (χ1v) is 4.53. The highest BCUT2D eigenvalue weighted by Crippen LogP contribution is 2.13. The highest BCUT2D eigenvalue weighted by Gasteiger charge is 2.12. The summed E-state index contributed by atoms with van der Waals surface area (Å²) < 4.78 is 0. The molecule has 5 nitrogen and oxygen atoms in total. The molecule has 15 heavy (non-hydrogen) atoms. The minimum Gasteiger partial charge on any atom is -0.333 e. The normalized spacial score (nSPS) is 10.3. The first-order valence-electron chi connectivity index (χ1n) is 4.53. The minimum absolute atomic E-state index is 0.0396. The van der Waals surface area contributed by atoms with E-state index in [9.17, 15) is 4.79 Å². The van der Waals surface area contributed by atoms with E-state index in [-0.39, 0.29) is 5.78 Å². The molecule has 0 bridgehead atoms. The summed E-state index contributed by atoms with van der Waals surface area (Å²) in [5, 5.41) is 0. The van der Waals surface area contributed by atoms with Crippen LogP contribution in [-0.4, -0.2) is 25.7 Å². The largest absolute Gasteiger partial charge is 0.333 e. The molecule has 0 amide bonds. The molecule has 0 atom stereocenters.